The van der Waals surface area contributed by atoms with Crippen LogP contribution in [0.2, 0.25) is 5.02 Å². The maximum absolute atomic E-state index is 11.4. The van der Waals surface area contributed by atoms with Crippen molar-refractivity contribution in [3.63, 3.8) is 0 Å². The third-order valence-electron chi connectivity index (χ3n) is 3.42. The maximum Gasteiger partial charge on any atom is 0.337 e. The van der Waals surface area contributed by atoms with Crippen LogP contribution in [0.15, 0.2) is 72.0 Å². The molecule has 3 rings (SSSR count). The van der Waals surface area contributed by atoms with Gasteiger partial charge in [0.05, 0.1) is 22.6 Å². The molecule has 0 fully saturated rings. The van der Waals surface area contributed by atoms with Crippen LogP contribution in [0, 0.1) is 0 Å². The highest BCUT2D eigenvalue weighted by Gasteiger charge is 2.11. The number of carboxylic acid groups (broad SMARTS) is 1. The van der Waals surface area contributed by atoms with Crippen LogP contribution in [0.25, 0.3) is 0 Å². The normalized spacial score (nSPS) is 10.8. The van der Waals surface area contributed by atoms with Crippen molar-refractivity contribution in [2.75, 3.05) is 5.32 Å². The molecule has 0 amide bonds. The smallest absolute Gasteiger partial charge is 0.337 e. The minimum atomic E-state index is -1.00. The third-order valence-corrected chi connectivity index (χ3v) is 3.66. The first-order chi connectivity index (χ1) is 12.1. The van der Waals surface area contributed by atoms with Crippen LogP contribution < -0.4 is 5.32 Å². The molecule has 124 valence electrons. The Kier molecular flexibility index (Phi) is 5.06. The summed E-state index contributed by atoms with van der Waals surface area (Å²) in [5.41, 5.74) is 2.75. The SMILES string of the molecule is O=C(O)c1ccccc1Nc1ccc(Cl)cc1/N=C/c1cccnc1. The molecule has 2 aromatic carbocycles. The monoisotopic (exact) mass is 351 g/mol. The van der Waals surface area contributed by atoms with E-state index in [0.717, 1.165) is 5.56 Å². The Morgan fingerprint density at radius 2 is 1.96 bits per heavy atom. The Morgan fingerprint density at radius 3 is 2.72 bits per heavy atom. The molecule has 6 heteroatoms. The number of rotatable bonds is 5. The first-order valence-corrected chi connectivity index (χ1v) is 7.84. The zero-order valence-corrected chi connectivity index (χ0v) is 13.8. The number of nitrogens with one attached hydrogen (secondary N) is 1. The fourth-order valence-electron chi connectivity index (χ4n) is 2.24. The van der Waals surface area contributed by atoms with Gasteiger partial charge in [0.1, 0.15) is 0 Å². The van der Waals surface area contributed by atoms with Crippen LogP contribution >= 0.6 is 11.6 Å². The van der Waals surface area contributed by atoms with E-state index in [1.807, 2.05) is 12.1 Å². The Hall–Kier alpha value is -3.18. The van der Waals surface area contributed by atoms with E-state index in [1.54, 1.807) is 61.1 Å². The lowest BCUT2D eigenvalue weighted by atomic mass is 10.1. The molecule has 0 unspecified atom stereocenters. The molecule has 0 aliphatic rings. The molecule has 1 aromatic heterocycles. The first-order valence-electron chi connectivity index (χ1n) is 7.46. The van der Waals surface area contributed by atoms with Gasteiger partial charge in [0.2, 0.25) is 0 Å². The summed E-state index contributed by atoms with van der Waals surface area (Å²) in [6, 6.07) is 15.6. The van der Waals surface area contributed by atoms with Crippen molar-refractivity contribution in [1.82, 2.24) is 4.98 Å². The number of aromatic nitrogens is 1. The Morgan fingerprint density at radius 1 is 1.12 bits per heavy atom. The number of carboxylic acids is 1. The van der Waals surface area contributed by atoms with Gasteiger partial charge in [-0.05, 0) is 36.4 Å². The molecule has 5 nitrogen and oxygen atoms in total. The predicted octanol–water partition coefficient (Wildman–Crippen LogP) is 4.93. The molecular weight excluding hydrogens is 338 g/mol. The molecular formula is C19H14ClN3O2. The number of anilines is 2. The lowest BCUT2D eigenvalue weighted by molar-refractivity contribution is 0.0698. The maximum atomic E-state index is 11.4. The Balaban J connectivity index is 1.95. The number of pyridine rings is 1. The Labute approximate surface area is 149 Å². The van der Waals surface area contributed by atoms with E-state index in [9.17, 15) is 9.90 Å². The molecule has 0 aliphatic carbocycles. The molecule has 0 atom stereocenters. The number of hydrogen-bond acceptors (Lipinski definition) is 4. The van der Waals surface area contributed by atoms with Crippen LogP contribution in [0.3, 0.4) is 0 Å². The highest BCUT2D eigenvalue weighted by atomic mass is 35.5. The van der Waals surface area contributed by atoms with Gasteiger partial charge in [-0.1, -0.05) is 29.8 Å². The number of aliphatic imine (C=N–C) groups is 1. The summed E-state index contributed by atoms with van der Waals surface area (Å²) < 4.78 is 0. The quantitative estimate of drug-likeness (QED) is 0.639. The molecule has 2 N–H and O–H groups in total. The van der Waals surface area contributed by atoms with Gasteiger partial charge in [-0.25, -0.2) is 4.79 Å². The van der Waals surface area contributed by atoms with E-state index in [-0.39, 0.29) is 5.56 Å². The van der Waals surface area contributed by atoms with Gasteiger partial charge in [0, 0.05) is 29.2 Å². The molecule has 3 aromatic rings. The molecule has 25 heavy (non-hydrogen) atoms. The van der Waals surface area contributed by atoms with Crippen molar-refractivity contribution >= 4 is 40.8 Å². The standard InChI is InChI=1S/C19H14ClN3O2/c20-14-7-8-17(23-16-6-2-1-5-15(16)19(24)25)18(10-14)22-12-13-4-3-9-21-11-13/h1-12,23H,(H,24,25)/b22-12+. The lowest BCUT2D eigenvalue weighted by Gasteiger charge is -2.12. The second kappa shape index (κ2) is 7.59. The molecule has 0 saturated carbocycles. The van der Waals surface area contributed by atoms with E-state index in [1.165, 1.54) is 0 Å². The van der Waals surface area contributed by atoms with E-state index in [2.05, 4.69) is 15.3 Å². The summed E-state index contributed by atoms with van der Waals surface area (Å²) in [5, 5.41) is 13.0. The summed E-state index contributed by atoms with van der Waals surface area (Å²) in [6.07, 6.45) is 5.06. The predicted molar refractivity (Wildman–Crippen MR) is 99.6 cm³/mol. The Bertz CT molecular complexity index is 927. The average Bonchev–Trinajstić information content (AvgIpc) is 2.63. The van der Waals surface area contributed by atoms with Crippen LogP contribution in [-0.2, 0) is 0 Å². The average molecular weight is 352 g/mol. The highest BCUT2D eigenvalue weighted by Crippen LogP contribution is 2.32. The van der Waals surface area contributed by atoms with Crippen LogP contribution in [0.4, 0.5) is 17.1 Å². The minimum absolute atomic E-state index is 0.180. The van der Waals surface area contributed by atoms with E-state index >= 15 is 0 Å². The molecule has 0 bridgehead atoms. The molecule has 0 saturated heterocycles. The van der Waals surface area contributed by atoms with Gasteiger partial charge >= 0.3 is 5.97 Å². The highest BCUT2D eigenvalue weighted by molar-refractivity contribution is 6.31. The summed E-state index contributed by atoms with van der Waals surface area (Å²) in [4.78, 5) is 19.9. The van der Waals surface area contributed by atoms with Crippen LogP contribution in [-0.4, -0.2) is 22.3 Å². The zero-order valence-electron chi connectivity index (χ0n) is 13.1. The van der Waals surface area contributed by atoms with Crippen molar-refractivity contribution < 1.29 is 9.90 Å². The fraction of sp³-hybridized carbons (Fsp3) is 0. The van der Waals surface area contributed by atoms with Crippen molar-refractivity contribution in [3.05, 3.63) is 83.1 Å². The van der Waals surface area contributed by atoms with E-state index in [4.69, 9.17) is 11.6 Å². The summed E-state index contributed by atoms with van der Waals surface area (Å²) in [5.74, 6) is -1.00. The summed E-state index contributed by atoms with van der Waals surface area (Å²) in [6.45, 7) is 0. The van der Waals surface area contributed by atoms with Gasteiger partial charge in [0.25, 0.3) is 0 Å². The van der Waals surface area contributed by atoms with E-state index in [0.29, 0.717) is 22.1 Å². The fourth-order valence-corrected chi connectivity index (χ4v) is 2.40. The van der Waals surface area contributed by atoms with Gasteiger partial charge < -0.3 is 10.4 Å². The van der Waals surface area contributed by atoms with Crippen molar-refractivity contribution in [2.24, 2.45) is 4.99 Å². The van der Waals surface area contributed by atoms with Gasteiger partial charge in [0.15, 0.2) is 0 Å². The number of aromatic carboxylic acids is 1. The van der Waals surface area contributed by atoms with Gasteiger partial charge in [-0.15, -0.1) is 0 Å². The molecule has 1 heterocycles. The second-order valence-corrected chi connectivity index (χ2v) is 5.62. The number of hydrogen-bond donors (Lipinski definition) is 2. The van der Waals surface area contributed by atoms with Gasteiger partial charge in [-0.2, -0.15) is 0 Å². The second-order valence-electron chi connectivity index (χ2n) is 5.18. The summed E-state index contributed by atoms with van der Waals surface area (Å²) >= 11 is 6.08. The zero-order chi connectivity index (χ0) is 17.6. The molecule has 0 spiro atoms. The van der Waals surface area contributed by atoms with Crippen molar-refractivity contribution in [3.8, 4) is 0 Å². The third kappa shape index (κ3) is 4.22. The molecule has 0 aliphatic heterocycles. The van der Waals surface area contributed by atoms with Crippen LogP contribution in [0.5, 0.6) is 0 Å². The van der Waals surface area contributed by atoms with Crippen molar-refractivity contribution in [2.45, 2.75) is 0 Å². The number of carbonyl (C=O) groups is 1. The number of halogens is 1. The van der Waals surface area contributed by atoms with Crippen LogP contribution in [0.1, 0.15) is 15.9 Å². The lowest BCUT2D eigenvalue weighted by Crippen LogP contribution is -2.02. The largest absolute Gasteiger partial charge is 0.478 e. The number of benzene rings is 2. The van der Waals surface area contributed by atoms with E-state index < -0.39 is 5.97 Å². The van der Waals surface area contributed by atoms with Gasteiger partial charge in [-0.3, -0.25) is 9.98 Å². The number of nitrogens with zero attached hydrogens (tertiary/aromatic N) is 2. The summed E-state index contributed by atoms with van der Waals surface area (Å²) in [7, 11) is 0. The first kappa shape index (κ1) is 16.7. The molecule has 0 radical (unpaired) electrons. The number of para-hydroxylation sites is 1. The minimum Gasteiger partial charge on any atom is -0.478 e. The van der Waals surface area contributed by atoms with Crippen molar-refractivity contribution in [1.29, 1.82) is 0 Å². The topological polar surface area (TPSA) is 74.6 Å².